The number of allylic oxidation sites excluding steroid dienone is 3. The Labute approximate surface area is 93.4 Å². The van der Waals surface area contributed by atoms with E-state index in [1.165, 1.54) is 6.21 Å². The molecule has 6 nitrogen and oxygen atoms in total. The Hall–Kier alpha value is -2.32. The first-order chi connectivity index (χ1) is 7.75. The second kappa shape index (κ2) is 6.30. The number of carboxylic acids is 1. The quantitative estimate of drug-likeness (QED) is 0.477. The topological polar surface area (TPSA) is 109 Å². The van der Waals surface area contributed by atoms with Crippen molar-refractivity contribution in [2.24, 2.45) is 10.9 Å². The summed E-state index contributed by atoms with van der Waals surface area (Å²) in [5.74, 6) is -2.61. The normalized spacial score (nSPS) is 13.7. The molecule has 1 aliphatic heterocycles. The van der Waals surface area contributed by atoms with Crippen molar-refractivity contribution < 1.29 is 27.9 Å². The van der Waals surface area contributed by atoms with E-state index in [4.69, 9.17) is 21.0 Å². The molecule has 0 radical (unpaired) electrons. The van der Waals surface area contributed by atoms with Gasteiger partial charge in [0.1, 0.15) is 0 Å². The van der Waals surface area contributed by atoms with Gasteiger partial charge >= 0.3 is 12.1 Å². The molecular weight excluding hydrogens is 243 g/mol. The number of nitrogens with two attached hydrogens (primary N) is 1. The maximum Gasteiger partial charge on any atom is 0.490 e. The number of carboxylic acid groups (broad SMARTS) is 1. The van der Waals surface area contributed by atoms with Crippen LogP contribution in [0, 0.1) is 5.41 Å². The van der Waals surface area contributed by atoms with E-state index in [1.54, 1.807) is 18.2 Å². The summed E-state index contributed by atoms with van der Waals surface area (Å²) in [7, 11) is 0. The summed E-state index contributed by atoms with van der Waals surface area (Å²) in [6, 6.07) is 0. The molecule has 0 amide bonds. The highest BCUT2D eigenvalue weighted by Gasteiger charge is 2.38. The van der Waals surface area contributed by atoms with Crippen LogP contribution in [-0.4, -0.2) is 29.3 Å². The van der Waals surface area contributed by atoms with Crippen LogP contribution in [0.5, 0.6) is 0 Å². The van der Waals surface area contributed by atoms with E-state index < -0.39 is 12.1 Å². The number of nitrogens with one attached hydrogen (secondary N) is 1. The third kappa shape index (κ3) is 6.71. The number of hydrogen-bond donors (Lipinski definition) is 3. The summed E-state index contributed by atoms with van der Waals surface area (Å²) in [5.41, 5.74) is 5.12. The summed E-state index contributed by atoms with van der Waals surface area (Å²) in [4.78, 5) is 13.6. The van der Waals surface area contributed by atoms with E-state index in [1.807, 2.05) is 0 Å². The number of oxime groups is 1. The van der Waals surface area contributed by atoms with Gasteiger partial charge in [0.25, 0.3) is 0 Å². The van der Waals surface area contributed by atoms with Gasteiger partial charge in [-0.15, -0.1) is 0 Å². The van der Waals surface area contributed by atoms with E-state index in [9.17, 15) is 13.2 Å². The molecule has 0 aromatic rings. The van der Waals surface area contributed by atoms with Crippen LogP contribution in [0.3, 0.4) is 0 Å². The summed E-state index contributed by atoms with van der Waals surface area (Å²) in [5, 5.41) is 17.6. The third-order valence-electron chi connectivity index (χ3n) is 1.16. The zero-order valence-corrected chi connectivity index (χ0v) is 8.23. The molecule has 0 aromatic carbocycles. The van der Waals surface area contributed by atoms with E-state index in [2.05, 4.69) is 9.99 Å². The van der Waals surface area contributed by atoms with Crippen molar-refractivity contribution in [3.05, 3.63) is 24.0 Å². The van der Waals surface area contributed by atoms with Gasteiger partial charge in [-0.1, -0.05) is 11.2 Å². The molecular formula is C8H8F3N3O3. The monoisotopic (exact) mass is 251 g/mol. The average Bonchev–Trinajstić information content (AvgIpc) is 2.44. The molecule has 94 valence electrons. The molecule has 4 N–H and O–H groups in total. The molecule has 0 unspecified atom stereocenters. The van der Waals surface area contributed by atoms with E-state index >= 15 is 0 Å². The highest BCUT2D eigenvalue weighted by atomic mass is 19.4. The maximum absolute atomic E-state index is 10.6. The Morgan fingerprint density at radius 3 is 2.41 bits per heavy atom. The van der Waals surface area contributed by atoms with Gasteiger partial charge in [-0.25, -0.2) is 4.79 Å². The van der Waals surface area contributed by atoms with Gasteiger partial charge in [0.15, 0.2) is 11.6 Å². The minimum Gasteiger partial charge on any atom is -0.475 e. The van der Waals surface area contributed by atoms with Crippen LogP contribution in [0.25, 0.3) is 0 Å². The second-order valence-electron chi connectivity index (χ2n) is 2.48. The van der Waals surface area contributed by atoms with Crippen LogP contribution in [0.4, 0.5) is 13.2 Å². The molecule has 1 rings (SSSR count). The lowest BCUT2D eigenvalue weighted by molar-refractivity contribution is -0.192. The van der Waals surface area contributed by atoms with Crippen LogP contribution in [-0.2, 0) is 9.63 Å². The van der Waals surface area contributed by atoms with Crippen molar-refractivity contribution in [2.45, 2.75) is 6.18 Å². The first-order valence-electron chi connectivity index (χ1n) is 3.97. The third-order valence-corrected chi connectivity index (χ3v) is 1.16. The van der Waals surface area contributed by atoms with E-state index in [0.29, 0.717) is 0 Å². The molecule has 0 saturated heterocycles. The Bertz CT molecular complexity index is 385. The molecule has 0 fully saturated rings. The van der Waals surface area contributed by atoms with Gasteiger partial charge in [0.2, 0.25) is 0 Å². The molecule has 0 aliphatic carbocycles. The van der Waals surface area contributed by atoms with Gasteiger partial charge < -0.3 is 15.7 Å². The van der Waals surface area contributed by atoms with Crippen LogP contribution in [0.2, 0.25) is 0 Å². The SMILES string of the molecule is N=C(N)C1=CC=CC=NO1.O=C(O)C(F)(F)F. The molecule has 0 bridgehead atoms. The fraction of sp³-hybridized carbons (Fsp3) is 0.125. The predicted molar refractivity (Wildman–Crippen MR) is 52.4 cm³/mol. The fourth-order valence-corrected chi connectivity index (χ4v) is 0.484. The summed E-state index contributed by atoms with van der Waals surface area (Å²) >= 11 is 0. The molecule has 1 aliphatic rings. The summed E-state index contributed by atoms with van der Waals surface area (Å²) < 4.78 is 31.7. The predicted octanol–water partition coefficient (Wildman–Crippen LogP) is 1.01. The molecule has 9 heteroatoms. The highest BCUT2D eigenvalue weighted by Crippen LogP contribution is 2.13. The van der Waals surface area contributed by atoms with Crippen molar-refractivity contribution in [1.29, 1.82) is 5.41 Å². The van der Waals surface area contributed by atoms with Crippen LogP contribution < -0.4 is 5.73 Å². The standard InChI is InChI=1S/C6H7N3O.C2HF3O2/c7-6(8)5-3-1-2-4-9-10-5;3-2(4,5)1(6)7/h1-4H,(H3,7,8);(H,6,7). The van der Waals surface area contributed by atoms with Crippen LogP contribution in [0.1, 0.15) is 0 Å². The number of aliphatic carboxylic acids is 1. The largest absolute Gasteiger partial charge is 0.490 e. The molecule has 0 spiro atoms. The van der Waals surface area contributed by atoms with Gasteiger partial charge in [-0.05, 0) is 12.2 Å². The number of carbonyl (C=O) groups is 1. The Kier molecular flexibility index (Phi) is 5.44. The van der Waals surface area contributed by atoms with E-state index in [-0.39, 0.29) is 11.6 Å². The first kappa shape index (κ1) is 14.7. The smallest absolute Gasteiger partial charge is 0.475 e. The number of alkyl halides is 3. The Balaban J connectivity index is 0.000000325. The van der Waals surface area contributed by atoms with E-state index in [0.717, 1.165) is 0 Å². The van der Waals surface area contributed by atoms with Gasteiger partial charge in [-0.3, -0.25) is 5.41 Å². The van der Waals surface area contributed by atoms with Gasteiger partial charge in [0.05, 0.1) is 6.21 Å². The van der Waals surface area contributed by atoms with Crippen molar-refractivity contribution in [2.75, 3.05) is 0 Å². The summed E-state index contributed by atoms with van der Waals surface area (Å²) in [6.45, 7) is 0. The number of hydrogen-bond acceptors (Lipinski definition) is 4. The average molecular weight is 251 g/mol. The number of nitrogens with zero attached hydrogens (tertiary/aromatic N) is 1. The minimum absolute atomic E-state index is 0.122. The zero-order chi connectivity index (χ0) is 13.5. The molecule has 17 heavy (non-hydrogen) atoms. The highest BCUT2D eigenvalue weighted by molar-refractivity contribution is 5.93. The summed E-state index contributed by atoms with van der Waals surface area (Å²) in [6.07, 6.45) is 1.37. The number of amidine groups is 1. The lowest BCUT2D eigenvalue weighted by atomic mass is 10.4. The maximum atomic E-state index is 10.6. The van der Waals surface area contributed by atoms with Crippen molar-refractivity contribution in [3.63, 3.8) is 0 Å². The molecule has 0 atom stereocenters. The Morgan fingerprint density at radius 1 is 1.47 bits per heavy atom. The first-order valence-corrected chi connectivity index (χ1v) is 3.97. The van der Waals surface area contributed by atoms with Crippen molar-refractivity contribution >= 4 is 18.0 Å². The zero-order valence-electron chi connectivity index (χ0n) is 8.23. The van der Waals surface area contributed by atoms with Crippen LogP contribution >= 0.6 is 0 Å². The van der Waals surface area contributed by atoms with Crippen molar-refractivity contribution in [1.82, 2.24) is 0 Å². The van der Waals surface area contributed by atoms with Gasteiger partial charge in [0, 0.05) is 0 Å². The molecule has 0 aromatic heterocycles. The van der Waals surface area contributed by atoms with Crippen molar-refractivity contribution in [3.8, 4) is 0 Å². The van der Waals surface area contributed by atoms with Gasteiger partial charge in [-0.2, -0.15) is 13.2 Å². The lowest BCUT2D eigenvalue weighted by Crippen LogP contribution is -2.21. The number of rotatable bonds is 1. The number of halogens is 3. The molecule has 0 saturated carbocycles. The Morgan fingerprint density at radius 2 is 2.00 bits per heavy atom. The lowest BCUT2D eigenvalue weighted by Gasteiger charge is -1.97. The fourth-order valence-electron chi connectivity index (χ4n) is 0.484. The molecule has 1 heterocycles. The minimum atomic E-state index is -5.08. The van der Waals surface area contributed by atoms with Crippen LogP contribution in [0.15, 0.2) is 29.1 Å². The second-order valence-corrected chi connectivity index (χ2v) is 2.48.